The van der Waals surface area contributed by atoms with E-state index in [-0.39, 0.29) is 6.42 Å². The van der Waals surface area contributed by atoms with Gasteiger partial charge in [0.25, 0.3) is 0 Å². The van der Waals surface area contributed by atoms with Gasteiger partial charge in [0, 0.05) is 30.2 Å². The van der Waals surface area contributed by atoms with Gasteiger partial charge in [-0.15, -0.1) is 0 Å². The molecule has 0 radical (unpaired) electrons. The van der Waals surface area contributed by atoms with E-state index in [0.717, 1.165) is 47.2 Å². The number of fused-ring (bicyclic) bond motifs is 1. The van der Waals surface area contributed by atoms with Gasteiger partial charge in [-0.3, -0.25) is 4.79 Å². The van der Waals surface area contributed by atoms with E-state index >= 15 is 0 Å². The molecule has 3 aromatic rings. The molecule has 180 valence electrons. The maximum atomic E-state index is 10.7. The van der Waals surface area contributed by atoms with E-state index < -0.39 is 5.97 Å². The van der Waals surface area contributed by atoms with E-state index in [2.05, 4.69) is 84.1 Å². The minimum absolute atomic E-state index is 0.236. The number of thioether (sulfide) groups is 2. The molecule has 35 heavy (non-hydrogen) atoms. The van der Waals surface area contributed by atoms with Gasteiger partial charge in [-0.05, 0) is 72.9 Å². The highest BCUT2D eigenvalue weighted by atomic mass is 32.2. The number of unbranched alkanes of at least 4 members (excludes halogenated alkanes) is 2. The average molecular weight is 505 g/mol. The van der Waals surface area contributed by atoms with Crippen molar-refractivity contribution in [2.24, 2.45) is 0 Å². The Hall–Kier alpha value is -3.03. The minimum Gasteiger partial charge on any atom is -0.481 e. The molecule has 0 bridgehead atoms. The van der Waals surface area contributed by atoms with Crippen LogP contribution in [0, 0.1) is 6.92 Å². The maximum Gasteiger partial charge on any atom is 0.365 e. The summed E-state index contributed by atoms with van der Waals surface area (Å²) in [7, 11) is 2.09. The lowest BCUT2D eigenvalue weighted by atomic mass is 10.2. The van der Waals surface area contributed by atoms with Crippen molar-refractivity contribution in [3.05, 3.63) is 89.2 Å². The van der Waals surface area contributed by atoms with Crippen LogP contribution in [0.15, 0.2) is 87.9 Å². The molecular formula is C28H30N3O2S2+. The summed E-state index contributed by atoms with van der Waals surface area (Å²) in [5, 5.41) is 11.0. The molecule has 0 unspecified atom stereocenters. The zero-order valence-electron chi connectivity index (χ0n) is 20.1. The molecular weight excluding hydrogens is 474 g/mol. The fourth-order valence-electron chi connectivity index (χ4n) is 3.91. The number of aryl methyl sites for hydroxylation is 1. The van der Waals surface area contributed by atoms with Crippen molar-refractivity contribution in [2.45, 2.75) is 42.7 Å². The lowest BCUT2D eigenvalue weighted by Gasteiger charge is -2.12. The number of aromatic nitrogens is 2. The first-order valence-corrected chi connectivity index (χ1v) is 13.6. The van der Waals surface area contributed by atoms with Crippen molar-refractivity contribution in [1.82, 2.24) is 4.98 Å². The second-order valence-corrected chi connectivity index (χ2v) is 10.4. The van der Waals surface area contributed by atoms with Crippen LogP contribution in [-0.2, 0) is 4.79 Å². The summed E-state index contributed by atoms with van der Waals surface area (Å²) >= 11 is 3.50. The molecule has 0 saturated carbocycles. The molecule has 1 aliphatic heterocycles. The van der Waals surface area contributed by atoms with Crippen LogP contribution in [0.2, 0.25) is 0 Å². The third-order valence-electron chi connectivity index (χ3n) is 5.68. The lowest BCUT2D eigenvalue weighted by Crippen LogP contribution is -2.38. The number of aliphatic carboxylic acids is 1. The fraction of sp³-hybridized carbons (Fsp3) is 0.250. The summed E-state index contributed by atoms with van der Waals surface area (Å²) in [6.45, 7) is 2.11. The Morgan fingerprint density at radius 2 is 1.89 bits per heavy atom. The van der Waals surface area contributed by atoms with Gasteiger partial charge in [0.15, 0.2) is 5.69 Å². The first kappa shape index (κ1) is 25.1. The van der Waals surface area contributed by atoms with E-state index in [1.165, 1.54) is 15.6 Å². The predicted octanol–water partition coefficient (Wildman–Crippen LogP) is 6.50. The SMILES string of the molecule is Cc1cc(/C=C/C=C2/Sc3ccccc3N2C)nc(SCCCCCC(=O)O)[n+]1-c1ccccc1. The Kier molecular flexibility index (Phi) is 8.66. The van der Waals surface area contributed by atoms with Gasteiger partial charge in [-0.2, -0.15) is 4.57 Å². The third kappa shape index (κ3) is 6.55. The number of hydrogen-bond acceptors (Lipinski definition) is 5. The van der Waals surface area contributed by atoms with E-state index in [9.17, 15) is 4.79 Å². The third-order valence-corrected chi connectivity index (χ3v) is 7.89. The number of para-hydroxylation sites is 2. The van der Waals surface area contributed by atoms with Crippen molar-refractivity contribution in [3.63, 3.8) is 0 Å². The van der Waals surface area contributed by atoms with Gasteiger partial charge in [0.2, 0.25) is 0 Å². The van der Waals surface area contributed by atoms with Crippen LogP contribution in [0.3, 0.4) is 0 Å². The molecule has 0 fully saturated rings. The molecule has 0 amide bonds. The van der Waals surface area contributed by atoms with Gasteiger partial charge in [-0.1, -0.05) is 54.6 Å². The Morgan fingerprint density at radius 1 is 1.11 bits per heavy atom. The zero-order chi connectivity index (χ0) is 24.6. The molecule has 2 aromatic carbocycles. The molecule has 1 N–H and O–H groups in total. The Morgan fingerprint density at radius 3 is 2.66 bits per heavy atom. The van der Waals surface area contributed by atoms with Crippen LogP contribution in [-0.4, -0.2) is 28.9 Å². The van der Waals surface area contributed by atoms with E-state index in [0.29, 0.717) is 0 Å². The maximum absolute atomic E-state index is 10.7. The largest absolute Gasteiger partial charge is 0.481 e. The Labute approximate surface area is 215 Å². The van der Waals surface area contributed by atoms with Gasteiger partial charge in [0.1, 0.15) is 11.4 Å². The number of benzene rings is 2. The Balaban J connectivity index is 1.51. The highest BCUT2D eigenvalue weighted by molar-refractivity contribution is 8.03. The number of rotatable bonds is 10. The molecule has 5 nitrogen and oxygen atoms in total. The second kappa shape index (κ2) is 12.1. The van der Waals surface area contributed by atoms with Crippen molar-refractivity contribution in [2.75, 3.05) is 17.7 Å². The topological polar surface area (TPSA) is 57.3 Å². The van der Waals surface area contributed by atoms with Crippen molar-refractivity contribution in [1.29, 1.82) is 0 Å². The predicted molar refractivity (Wildman–Crippen MR) is 145 cm³/mol. The summed E-state index contributed by atoms with van der Waals surface area (Å²) in [4.78, 5) is 19.2. The smallest absolute Gasteiger partial charge is 0.365 e. The molecule has 0 spiro atoms. The summed E-state index contributed by atoms with van der Waals surface area (Å²) < 4.78 is 2.19. The molecule has 0 aliphatic carbocycles. The number of nitrogens with zero attached hydrogens (tertiary/aromatic N) is 3. The first-order chi connectivity index (χ1) is 17.0. The molecule has 0 atom stereocenters. The van der Waals surface area contributed by atoms with Crippen molar-refractivity contribution >= 4 is 41.3 Å². The van der Waals surface area contributed by atoms with Crippen LogP contribution in [0.25, 0.3) is 11.8 Å². The first-order valence-electron chi connectivity index (χ1n) is 11.8. The molecule has 0 saturated heterocycles. The van der Waals surface area contributed by atoms with Gasteiger partial charge >= 0.3 is 11.1 Å². The molecule has 7 heteroatoms. The van der Waals surface area contributed by atoms with Crippen LogP contribution >= 0.6 is 23.5 Å². The van der Waals surface area contributed by atoms with Crippen molar-refractivity contribution in [3.8, 4) is 5.69 Å². The van der Waals surface area contributed by atoms with E-state index in [1.54, 1.807) is 23.5 Å². The molecule has 1 aliphatic rings. The standard InChI is InChI=1S/C28H29N3O2S2/c1-21-20-22(12-11-17-26-30(2)24-15-8-9-16-25(24)35-26)29-28(31(21)23-13-5-3-6-14-23)34-19-10-4-7-18-27(32)33/h3,5-6,8-9,11-17,20H,4,7,10,18-19H2,1-2H3/p+1. The molecule has 4 rings (SSSR count). The normalized spacial score (nSPS) is 14.1. The van der Waals surface area contributed by atoms with Gasteiger partial charge in [-0.25, -0.2) is 0 Å². The monoisotopic (exact) mass is 504 g/mol. The molecule has 1 aromatic heterocycles. The summed E-state index contributed by atoms with van der Waals surface area (Å²) in [6, 6.07) is 20.8. The number of carboxylic acid groups (broad SMARTS) is 1. The number of anilines is 1. The highest BCUT2D eigenvalue weighted by Crippen LogP contribution is 2.44. The average Bonchev–Trinajstić information content (AvgIpc) is 3.17. The lowest BCUT2D eigenvalue weighted by molar-refractivity contribution is -0.647. The summed E-state index contributed by atoms with van der Waals surface area (Å²) in [5.74, 6) is 0.174. The summed E-state index contributed by atoms with van der Waals surface area (Å²) in [5.41, 5.74) is 4.36. The van der Waals surface area contributed by atoms with Crippen LogP contribution in [0.4, 0.5) is 5.69 Å². The van der Waals surface area contributed by atoms with Crippen LogP contribution in [0.5, 0.6) is 0 Å². The van der Waals surface area contributed by atoms with E-state index in [1.807, 2.05) is 18.2 Å². The number of allylic oxidation sites excluding steroid dienone is 2. The van der Waals surface area contributed by atoms with Gasteiger partial charge < -0.3 is 10.0 Å². The quantitative estimate of drug-likeness (QED) is 0.147. The Bertz CT molecular complexity index is 1240. The highest BCUT2D eigenvalue weighted by Gasteiger charge is 2.21. The number of hydrogen-bond donors (Lipinski definition) is 1. The molecule has 2 heterocycles. The number of carboxylic acids is 1. The van der Waals surface area contributed by atoms with Gasteiger partial charge in [0.05, 0.1) is 10.7 Å². The minimum atomic E-state index is -0.725. The number of carbonyl (C=O) groups is 1. The second-order valence-electron chi connectivity index (χ2n) is 8.32. The van der Waals surface area contributed by atoms with Crippen molar-refractivity contribution < 1.29 is 14.5 Å². The summed E-state index contributed by atoms with van der Waals surface area (Å²) in [6.07, 6.45) is 9.09. The zero-order valence-corrected chi connectivity index (χ0v) is 21.7. The van der Waals surface area contributed by atoms with Crippen LogP contribution < -0.4 is 9.47 Å². The fourth-order valence-corrected chi connectivity index (χ4v) is 6.05. The van der Waals surface area contributed by atoms with Crippen LogP contribution in [0.1, 0.15) is 37.1 Å². The van der Waals surface area contributed by atoms with E-state index in [4.69, 9.17) is 10.1 Å².